The maximum absolute atomic E-state index is 11.4. The summed E-state index contributed by atoms with van der Waals surface area (Å²) in [5.41, 5.74) is 0. The highest BCUT2D eigenvalue weighted by Crippen LogP contribution is 2.32. The minimum absolute atomic E-state index is 0.152. The summed E-state index contributed by atoms with van der Waals surface area (Å²) in [7, 11) is 1.48. The van der Waals surface area contributed by atoms with Crippen molar-refractivity contribution in [3.63, 3.8) is 0 Å². The second kappa shape index (κ2) is 4.30. The van der Waals surface area contributed by atoms with Crippen LogP contribution in [0.1, 0.15) is 19.8 Å². The summed E-state index contributed by atoms with van der Waals surface area (Å²) in [5.74, 6) is -0.418. The summed E-state index contributed by atoms with van der Waals surface area (Å²) in [5, 5.41) is 11.2. The van der Waals surface area contributed by atoms with Gasteiger partial charge in [-0.25, -0.2) is 4.79 Å². The molecule has 0 radical (unpaired) electrons. The normalized spacial score (nSPS) is 17.3. The van der Waals surface area contributed by atoms with Crippen LogP contribution in [-0.2, 0) is 4.79 Å². The lowest BCUT2D eigenvalue weighted by Crippen LogP contribution is -2.44. The van der Waals surface area contributed by atoms with Crippen LogP contribution in [-0.4, -0.2) is 41.6 Å². The molecule has 2 N–H and O–H groups in total. The summed E-state index contributed by atoms with van der Waals surface area (Å²) in [6.07, 6.45) is 2.31. The average Bonchev–Trinajstić information content (AvgIpc) is 2.84. The van der Waals surface area contributed by atoms with Crippen molar-refractivity contribution in [3.8, 4) is 0 Å². The highest BCUT2D eigenvalue weighted by Gasteiger charge is 2.29. The van der Waals surface area contributed by atoms with E-state index >= 15 is 0 Å². The number of carboxylic acid groups (broad SMARTS) is 1. The third-order valence-corrected chi connectivity index (χ3v) is 2.40. The van der Waals surface area contributed by atoms with Crippen LogP contribution in [0.2, 0.25) is 0 Å². The van der Waals surface area contributed by atoms with Crippen LogP contribution in [0.3, 0.4) is 0 Å². The molecule has 2 amide bonds. The van der Waals surface area contributed by atoms with Crippen molar-refractivity contribution < 1.29 is 14.7 Å². The zero-order chi connectivity index (χ0) is 10.7. The van der Waals surface area contributed by atoms with Crippen molar-refractivity contribution in [1.29, 1.82) is 0 Å². The van der Waals surface area contributed by atoms with Crippen LogP contribution in [0.4, 0.5) is 4.79 Å². The summed E-state index contributed by atoms with van der Waals surface area (Å²) in [6.45, 7) is 1.69. The third kappa shape index (κ3) is 3.24. The Kier molecular flexibility index (Phi) is 3.33. The van der Waals surface area contributed by atoms with Gasteiger partial charge in [0.05, 0.1) is 0 Å². The molecule has 0 heterocycles. The molecule has 1 rings (SSSR count). The number of nitrogens with one attached hydrogen (secondary N) is 1. The minimum atomic E-state index is -0.998. The number of carbonyl (C=O) groups excluding carboxylic acids is 1. The largest absolute Gasteiger partial charge is 0.480 e. The summed E-state index contributed by atoms with van der Waals surface area (Å²) in [6, 6.07) is -0.162. The van der Waals surface area contributed by atoms with E-state index in [9.17, 15) is 9.59 Å². The maximum atomic E-state index is 11.4. The number of carboxylic acids is 1. The van der Waals surface area contributed by atoms with Crippen molar-refractivity contribution in [2.45, 2.75) is 25.8 Å². The molecule has 0 bridgehead atoms. The summed E-state index contributed by atoms with van der Waals surface area (Å²) in [4.78, 5) is 22.9. The van der Waals surface area contributed by atoms with Crippen molar-refractivity contribution in [1.82, 2.24) is 10.2 Å². The van der Waals surface area contributed by atoms with E-state index in [0.29, 0.717) is 5.92 Å². The zero-order valence-corrected chi connectivity index (χ0v) is 8.49. The van der Waals surface area contributed by atoms with Crippen LogP contribution in [0.15, 0.2) is 0 Å². The van der Waals surface area contributed by atoms with E-state index in [1.54, 1.807) is 0 Å². The molecule has 0 saturated heterocycles. The predicted octanol–water partition coefficient (Wildman–Crippen LogP) is 0.511. The van der Waals surface area contributed by atoms with Crippen LogP contribution >= 0.6 is 0 Å². The Hall–Kier alpha value is -1.26. The number of rotatable bonds is 4. The van der Waals surface area contributed by atoms with Crippen molar-refractivity contribution in [2.24, 2.45) is 5.92 Å². The van der Waals surface area contributed by atoms with Gasteiger partial charge in [-0.3, -0.25) is 4.79 Å². The highest BCUT2D eigenvalue weighted by molar-refractivity contribution is 5.79. The van der Waals surface area contributed by atoms with E-state index in [1.165, 1.54) is 11.9 Å². The Bertz CT molecular complexity index is 238. The van der Waals surface area contributed by atoms with Gasteiger partial charge in [0, 0.05) is 13.1 Å². The molecule has 1 aliphatic carbocycles. The number of urea groups is 1. The van der Waals surface area contributed by atoms with Gasteiger partial charge in [-0.2, -0.15) is 0 Å². The topological polar surface area (TPSA) is 69.6 Å². The molecule has 5 heteroatoms. The summed E-state index contributed by atoms with van der Waals surface area (Å²) < 4.78 is 0. The van der Waals surface area contributed by atoms with Crippen LogP contribution in [0.5, 0.6) is 0 Å². The first kappa shape index (κ1) is 10.8. The molecule has 1 saturated carbocycles. The Morgan fingerprint density at radius 1 is 1.57 bits per heavy atom. The molecule has 0 aliphatic heterocycles. The van der Waals surface area contributed by atoms with E-state index < -0.39 is 5.97 Å². The molecule has 80 valence electrons. The van der Waals surface area contributed by atoms with Gasteiger partial charge in [-0.15, -0.1) is 0 Å². The fraction of sp³-hybridized carbons (Fsp3) is 0.778. The Morgan fingerprint density at radius 2 is 2.14 bits per heavy atom. The first-order valence-corrected chi connectivity index (χ1v) is 4.74. The molecular weight excluding hydrogens is 184 g/mol. The fourth-order valence-electron chi connectivity index (χ4n) is 1.29. The fourth-order valence-corrected chi connectivity index (χ4v) is 1.29. The number of hydrogen-bond acceptors (Lipinski definition) is 2. The Balaban J connectivity index is 2.28. The van der Waals surface area contributed by atoms with Gasteiger partial charge in [-0.1, -0.05) is 0 Å². The molecule has 1 atom stereocenters. The first-order valence-electron chi connectivity index (χ1n) is 4.74. The molecule has 5 nitrogen and oxygen atoms in total. The van der Waals surface area contributed by atoms with Gasteiger partial charge in [0.15, 0.2) is 0 Å². The van der Waals surface area contributed by atoms with E-state index in [1.807, 2.05) is 6.92 Å². The van der Waals surface area contributed by atoms with Gasteiger partial charge >= 0.3 is 12.0 Å². The molecule has 14 heavy (non-hydrogen) atoms. The molecule has 0 spiro atoms. The first-order chi connectivity index (χ1) is 6.50. The highest BCUT2D eigenvalue weighted by atomic mass is 16.4. The number of amides is 2. The van der Waals surface area contributed by atoms with Crippen LogP contribution < -0.4 is 5.32 Å². The molecule has 1 fully saturated rings. The van der Waals surface area contributed by atoms with Gasteiger partial charge in [0.25, 0.3) is 0 Å². The third-order valence-electron chi connectivity index (χ3n) is 2.40. The van der Waals surface area contributed by atoms with Gasteiger partial charge in [0.1, 0.15) is 6.54 Å². The lowest BCUT2D eigenvalue weighted by atomic mass is 10.2. The smallest absolute Gasteiger partial charge is 0.323 e. The predicted molar refractivity (Wildman–Crippen MR) is 51.0 cm³/mol. The Labute approximate surface area is 83.1 Å². The van der Waals surface area contributed by atoms with Crippen molar-refractivity contribution in [2.75, 3.05) is 13.6 Å². The molecule has 0 aromatic heterocycles. The molecule has 0 aromatic rings. The standard InChI is InChI=1S/C9H16N2O3/c1-6(7-3-4-7)10-9(14)11(2)5-8(12)13/h6-7H,3-5H2,1-2H3,(H,10,14)(H,12,13). The monoisotopic (exact) mass is 200 g/mol. The maximum Gasteiger partial charge on any atom is 0.323 e. The molecule has 1 aliphatic rings. The number of carbonyl (C=O) groups is 2. The number of aliphatic carboxylic acids is 1. The van der Waals surface area contributed by atoms with E-state index in [0.717, 1.165) is 12.8 Å². The van der Waals surface area contributed by atoms with Gasteiger partial charge in [-0.05, 0) is 25.7 Å². The lowest BCUT2D eigenvalue weighted by molar-refractivity contribution is -0.137. The SMILES string of the molecule is CC(NC(=O)N(C)CC(=O)O)C1CC1. The number of nitrogens with zero attached hydrogens (tertiary/aromatic N) is 1. The van der Waals surface area contributed by atoms with E-state index in [-0.39, 0.29) is 18.6 Å². The number of hydrogen-bond donors (Lipinski definition) is 2. The second-order valence-electron chi connectivity index (χ2n) is 3.83. The quantitative estimate of drug-likeness (QED) is 0.694. The second-order valence-corrected chi connectivity index (χ2v) is 3.83. The molecule has 1 unspecified atom stereocenters. The Morgan fingerprint density at radius 3 is 2.57 bits per heavy atom. The van der Waals surface area contributed by atoms with Crippen LogP contribution in [0.25, 0.3) is 0 Å². The van der Waals surface area contributed by atoms with E-state index in [2.05, 4.69) is 5.32 Å². The number of likely N-dealkylation sites (N-methyl/N-ethyl adjacent to an activating group) is 1. The minimum Gasteiger partial charge on any atom is -0.480 e. The lowest BCUT2D eigenvalue weighted by Gasteiger charge is -2.19. The van der Waals surface area contributed by atoms with Gasteiger partial charge in [0.2, 0.25) is 0 Å². The zero-order valence-electron chi connectivity index (χ0n) is 8.49. The molecule has 0 aromatic carbocycles. The molecular formula is C9H16N2O3. The summed E-state index contributed by atoms with van der Waals surface area (Å²) >= 11 is 0. The van der Waals surface area contributed by atoms with Gasteiger partial charge < -0.3 is 15.3 Å². The van der Waals surface area contributed by atoms with Crippen molar-refractivity contribution in [3.05, 3.63) is 0 Å². The average molecular weight is 200 g/mol. The van der Waals surface area contributed by atoms with E-state index in [4.69, 9.17) is 5.11 Å². The van der Waals surface area contributed by atoms with Crippen molar-refractivity contribution >= 4 is 12.0 Å². The van der Waals surface area contributed by atoms with Crippen LogP contribution in [0, 0.1) is 5.92 Å².